The van der Waals surface area contributed by atoms with E-state index in [4.69, 9.17) is 10.3 Å². The molecule has 0 saturated carbocycles. The largest absolute Gasteiger partial charge is 0.507 e. The van der Waals surface area contributed by atoms with Crippen LogP contribution >= 0.6 is 0 Å². The van der Waals surface area contributed by atoms with Gasteiger partial charge in [0.05, 0.1) is 0 Å². The SMILES string of the molecule is O=C(CCc1c(O)cc(O)c(O)c1O)NO. The Bertz CT molecular complexity index is 417. The molecule has 0 aliphatic rings. The predicted molar refractivity (Wildman–Crippen MR) is 51.4 cm³/mol. The van der Waals surface area contributed by atoms with E-state index in [0.717, 1.165) is 6.07 Å². The van der Waals surface area contributed by atoms with E-state index in [-0.39, 0.29) is 18.4 Å². The molecule has 0 aliphatic heterocycles. The minimum atomic E-state index is -0.766. The van der Waals surface area contributed by atoms with Crippen molar-refractivity contribution in [2.75, 3.05) is 0 Å². The van der Waals surface area contributed by atoms with Crippen molar-refractivity contribution in [1.82, 2.24) is 5.48 Å². The van der Waals surface area contributed by atoms with Gasteiger partial charge in [-0.15, -0.1) is 0 Å². The summed E-state index contributed by atoms with van der Waals surface area (Å²) < 4.78 is 0. The highest BCUT2D eigenvalue weighted by atomic mass is 16.5. The number of hydrogen-bond donors (Lipinski definition) is 6. The van der Waals surface area contributed by atoms with Crippen molar-refractivity contribution < 1.29 is 30.4 Å². The van der Waals surface area contributed by atoms with E-state index in [1.807, 2.05) is 0 Å². The summed E-state index contributed by atoms with van der Waals surface area (Å²) in [5.74, 6) is -3.27. The molecule has 6 N–H and O–H groups in total. The summed E-state index contributed by atoms with van der Waals surface area (Å²) in [6.07, 6.45) is -0.292. The van der Waals surface area contributed by atoms with Gasteiger partial charge in [-0.25, -0.2) is 5.48 Å². The zero-order valence-corrected chi connectivity index (χ0v) is 8.14. The zero-order chi connectivity index (χ0) is 12.3. The van der Waals surface area contributed by atoms with E-state index < -0.39 is 28.9 Å². The summed E-state index contributed by atoms with van der Waals surface area (Å²) in [5, 5.41) is 45.2. The standard InChI is InChI=1S/C9H11NO6/c11-5-3-6(12)9(15)8(14)4(5)1-2-7(13)10-16/h3,11-12,14-16H,1-2H2,(H,10,13). The third kappa shape index (κ3) is 2.26. The van der Waals surface area contributed by atoms with E-state index >= 15 is 0 Å². The number of nitrogens with one attached hydrogen (secondary N) is 1. The second kappa shape index (κ2) is 4.58. The second-order valence-electron chi connectivity index (χ2n) is 3.13. The number of hydroxylamine groups is 1. The van der Waals surface area contributed by atoms with Crippen molar-refractivity contribution >= 4 is 5.91 Å². The number of amides is 1. The Morgan fingerprint density at radius 1 is 1.12 bits per heavy atom. The van der Waals surface area contributed by atoms with Gasteiger partial charge in [-0.1, -0.05) is 0 Å². The first-order valence-corrected chi connectivity index (χ1v) is 4.36. The Kier molecular flexibility index (Phi) is 3.41. The van der Waals surface area contributed by atoms with Gasteiger partial charge in [-0.3, -0.25) is 10.0 Å². The molecule has 0 heterocycles. The highest BCUT2D eigenvalue weighted by Crippen LogP contribution is 2.42. The van der Waals surface area contributed by atoms with Gasteiger partial charge in [-0.05, 0) is 6.42 Å². The minimum absolute atomic E-state index is 0.0844. The molecule has 0 radical (unpaired) electrons. The van der Waals surface area contributed by atoms with Crippen LogP contribution in [-0.4, -0.2) is 31.5 Å². The fourth-order valence-electron chi connectivity index (χ4n) is 1.21. The summed E-state index contributed by atoms with van der Waals surface area (Å²) in [7, 11) is 0. The lowest BCUT2D eigenvalue weighted by Crippen LogP contribution is -2.18. The molecule has 7 nitrogen and oxygen atoms in total. The van der Waals surface area contributed by atoms with Gasteiger partial charge in [-0.2, -0.15) is 0 Å². The molecule has 16 heavy (non-hydrogen) atoms. The summed E-state index contributed by atoms with van der Waals surface area (Å²) in [5.41, 5.74) is 1.30. The third-order valence-corrected chi connectivity index (χ3v) is 2.06. The number of hydrogen-bond acceptors (Lipinski definition) is 6. The summed E-state index contributed by atoms with van der Waals surface area (Å²) in [6.45, 7) is 0. The Labute approximate surface area is 90.2 Å². The number of aromatic hydroxyl groups is 4. The average molecular weight is 229 g/mol. The number of benzene rings is 1. The van der Waals surface area contributed by atoms with Crippen molar-refractivity contribution in [3.05, 3.63) is 11.6 Å². The van der Waals surface area contributed by atoms with Crippen LogP contribution in [0.1, 0.15) is 12.0 Å². The molecular weight excluding hydrogens is 218 g/mol. The Morgan fingerprint density at radius 2 is 1.75 bits per heavy atom. The van der Waals surface area contributed by atoms with Gasteiger partial charge in [0.2, 0.25) is 11.7 Å². The number of phenols is 4. The molecule has 0 unspecified atom stereocenters. The molecule has 1 aromatic rings. The molecule has 0 atom stereocenters. The Balaban J connectivity index is 2.96. The van der Waals surface area contributed by atoms with Crippen molar-refractivity contribution in [3.63, 3.8) is 0 Å². The smallest absolute Gasteiger partial charge is 0.243 e. The van der Waals surface area contributed by atoms with Crippen molar-refractivity contribution in [3.8, 4) is 23.0 Å². The molecule has 1 amide bonds. The number of carbonyl (C=O) groups is 1. The molecule has 1 rings (SSSR count). The minimum Gasteiger partial charge on any atom is -0.507 e. The van der Waals surface area contributed by atoms with E-state index in [1.165, 1.54) is 5.48 Å². The first kappa shape index (κ1) is 11.9. The molecule has 0 aliphatic carbocycles. The second-order valence-corrected chi connectivity index (χ2v) is 3.13. The topological polar surface area (TPSA) is 130 Å². The van der Waals surface area contributed by atoms with Crippen molar-refractivity contribution in [2.24, 2.45) is 0 Å². The fourth-order valence-corrected chi connectivity index (χ4v) is 1.21. The summed E-state index contributed by atoms with van der Waals surface area (Å²) in [4.78, 5) is 10.7. The lowest BCUT2D eigenvalue weighted by Gasteiger charge is -2.09. The van der Waals surface area contributed by atoms with Gasteiger partial charge in [0.15, 0.2) is 11.5 Å². The van der Waals surface area contributed by atoms with E-state index in [2.05, 4.69) is 0 Å². The van der Waals surface area contributed by atoms with Gasteiger partial charge in [0.1, 0.15) is 5.75 Å². The van der Waals surface area contributed by atoms with Crippen LogP contribution in [0.3, 0.4) is 0 Å². The normalized spacial score (nSPS) is 10.1. The maximum Gasteiger partial charge on any atom is 0.243 e. The number of carbonyl (C=O) groups excluding carboxylic acids is 1. The monoisotopic (exact) mass is 229 g/mol. The van der Waals surface area contributed by atoms with Crippen LogP contribution in [0.2, 0.25) is 0 Å². The zero-order valence-electron chi connectivity index (χ0n) is 8.14. The number of rotatable bonds is 3. The van der Waals surface area contributed by atoms with Crippen LogP contribution in [0.25, 0.3) is 0 Å². The van der Waals surface area contributed by atoms with E-state index in [9.17, 15) is 20.1 Å². The van der Waals surface area contributed by atoms with Gasteiger partial charge >= 0.3 is 0 Å². The lowest BCUT2D eigenvalue weighted by atomic mass is 10.1. The van der Waals surface area contributed by atoms with Crippen molar-refractivity contribution in [1.29, 1.82) is 0 Å². The maximum atomic E-state index is 10.7. The molecule has 1 aromatic carbocycles. The number of phenolic OH excluding ortho intramolecular Hbond substituents is 4. The fraction of sp³-hybridized carbons (Fsp3) is 0.222. The van der Waals surface area contributed by atoms with Crippen LogP contribution < -0.4 is 5.48 Å². The molecule has 88 valence electrons. The maximum absolute atomic E-state index is 10.7. The van der Waals surface area contributed by atoms with Gasteiger partial charge in [0, 0.05) is 18.1 Å². The molecule has 0 fully saturated rings. The summed E-state index contributed by atoms with van der Waals surface area (Å²) in [6, 6.07) is 0.848. The molecule has 0 spiro atoms. The van der Waals surface area contributed by atoms with Crippen LogP contribution in [0.5, 0.6) is 23.0 Å². The van der Waals surface area contributed by atoms with Crippen LogP contribution in [0, 0.1) is 0 Å². The molecule has 0 bridgehead atoms. The van der Waals surface area contributed by atoms with Gasteiger partial charge in [0.25, 0.3) is 0 Å². The Morgan fingerprint density at radius 3 is 2.31 bits per heavy atom. The van der Waals surface area contributed by atoms with E-state index in [1.54, 1.807) is 0 Å². The third-order valence-electron chi connectivity index (χ3n) is 2.06. The average Bonchev–Trinajstić information content (AvgIpc) is 2.25. The quantitative estimate of drug-likeness (QED) is 0.186. The lowest BCUT2D eigenvalue weighted by molar-refractivity contribution is -0.129. The molecular formula is C9H11NO6. The molecule has 0 aromatic heterocycles. The first-order valence-electron chi connectivity index (χ1n) is 4.36. The molecule has 0 saturated heterocycles. The van der Waals surface area contributed by atoms with Crippen molar-refractivity contribution in [2.45, 2.75) is 12.8 Å². The first-order chi connectivity index (χ1) is 7.47. The molecule has 7 heteroatoms. The van der Waals surface area contributed by atoms with Crippen LogP contribution in [0.15, 0.2) is 6.07 Å². The Hall–Kier alpha value is -2.15. The highest BCUT2D eigenvalue weighted by Gasteiger charge is 2.17. The summed E-state index contributed by atoms with van der Waals surface area (Å²) >= 11 is 0. The van der Waals surface area contributed by atoms with Gasteiger partial charge < -0.3 is 20.4 Å². The van der Waals surface area contributed by atoms with Crippen LogP contribution in [-0.2, 0) is 11.2 Å². The van der Waals surface area contributed by atoms with Crippen LogP contribution in [0.4, 0.5) is 0 Å². The van der Waals surface area contributed by atoms with E-state index in [0.29, 0.717) is 0 Å². The predicted octanol–water partition coefficient (Wildman–Crippen LogP) is -0.0530. The highest BCUT2D eigenvalue weighted by molar-refractivity contribution is 5.75.